The predicted molar refractivity (Wildman–Crippen MR) is 90.5 cm³/mol. The number of benzene rings is 1. The molecule has 0 spiro atoms. The molecule has 0 unspecified atom stereocenters. The number of alkyl halides is 3. The van der Waals surface area contributed by atoms with Gasteiger partial charge in [0.1, 0.15) is 0 Å². The van der Waals surface area contributed by atoms with E-state index in [2.05, 4.69) is 19.6 Å². The van der Waals surface area contributed by atoms with E-state index in [0.717, 1.165) is 5.76 Å². The monoisotopic (exact) mass is 355 g/mol. The first-order valence-corrected chi connectivity index (χ1v) is 11.0. The molecule has 0 aliphatic carbocycles. The SMILES string of the molecule is CC(=CCc1cn(C(=O)C(F)(F)F)c2ccccc12)O[Si](C)(C)C. The summed E-state index contributed by atoms with van der Waals surface area (Å²) in [4.78, 5) is 11.6. The number of carbonyl (C=O) groups is 1. The molecule has 0 aliphatic heterocycles. The standard InChI is InChI=1S/C17H20F3NO2Si/c1-12(23-24(2,3)4)9-10-13-11-21(16(22)17(18,19)20)15-8-6-5-7-14(13)15/h5-9,11H,10H2,1-4H3. The highest BCUT2D eigenvalue weighted by molar-refractivity contribution is 6.70. The molecule has 1 aromatic carbocycles. The molecule has 1 heterocycles. The number of aromatic nitrogens is 1. The van der Waals surface area contributed by atoms with Crippen molar-refractivity contribution in [3.05, 3.63) is 47.9 Å². The summed E-state index contributed by atoms with van der Waals surface area (Å²) >= 11 is 0. The van der Waals surface area contributed by atoms with E-state index < -0.39 is 20.4 Å². The number of carbonyl (C=O) groups excluding carboxylic acids is 1. The first-order chi connectivity index (χ1) is 11.0. The van der Waals surface area contributed by atoms with E-state index in [0.29, 0.717) is 21.9 Å². The van der Waals surface area contributed by atoms with Crippen molar-refractivity contribution in [3.8, 4) is 0 Å². The molecule has 0 atom stereocenters. The maximum absolute atomic E-state index is 12.8. The molecular weight excluding hydrogens is 335 g/mol. The van der Waals surface area contributed by atoms with Gasteiger partial charge in [-0.25, -0.2) is 0 Å². The maximum atomic E-state index is 12.8. The summed E-state index contributed by atoms with van der Waals surface area (Å²) < 4.78 is 44.8. The van der Waals surface area contributed by atoms with Gasteiger partial charge >= 0.3 is 12.1 Å². The van der Waals surface area contributed by atoms with E-state index in [1.165, 1.54) is 12.3 Å². The predicted octanol–water partition coefficient (Wildman–Crippen LogP) is 5.14. The molecule has 2 aromatic rings. The summed E-state index contributed by atoms with van der Waals surface area (Å²) in [5.74, 6) is -1.14. The number of fused-ring (bicyclic) bond motifs is 1. The second-order valence-electron chi connectivity index (χ2n) is 6.58. The van der Waals surface area contributed by atoms with Crippen molar-refractivity contribution in [3.63, 3.8) is 0 Å². The van der Waals surface area contributed by atoms with Crippen molar-refractivity contribution in [2.45, 2.75) is 39.2 Å². The second-order valence-corrected chi connectivity index (χ2v) is 11.0. The highest BCUT2D eigenvalue weighted by Crippen LogP contribution is 2.26. The fourth-order valence-electron chi connectivity index (χ4n) is 2.50. The van der Waals surface area contributed by atoms with Gasteiger partial charge in [-0.15, -0.1) is 0 Å². The van der Waals surface area contributed by atoms with Crippen LogP contribution in [0, 0.1) is 0 Å². The number of hydrogen-bond acceptors (Lipinski definition) is 2. The molecule has 0 fully saturated rings. The third kappa shape index (κ3) is 4.28. The lowest BCUT2D eigenvalue weighted by Gasteiger charge is -2.19. The molecule has 0 saturated heterocycles. The van der Waals surface area contributed by atoms with Crippen LogP contribution in [-0.4, -0.2) is 25.0 Å². The van der Waals surface area contributed by atoms with Crippen molar-refractivity contribution in [1.82, 2.24) is 4.57 Å². The van der Waals surface area contributed by atoms with Crippen molar-refractivity contribution >= 4 is 25.1 Å². The lowest BCUT2D eigenvalue weighted by atomic mass is 10.1. The molecule has 24 heavy (non-hydrogen) atoms. The molecule has 0 bridgehead atoms. The quantitative estimate of drug-likeness (QED) is 0.561. The zero-order valence-electron chi connectivity index (χ0n) is 14.1. The topological polar surface area (TPSA) is 31.2 Å². The molecule has 1 aromatic heterocycles. The summed E-state index contributed by atoms with van der Waals surface area (Å²) in [6.45, 7) is 7.99. The van der Waals surface area contributed by atoms with Crippen LogP contribution >= 0.6 is 0 Å². The van der Waals surface area contributed by atoms with Crippen LogP contribution in [0.25, 0.3) is 10.9 Å². The summed E-state index contributed by atoms with van der Waals surface area (Å²) in [7, 11) is -1.73. The number of allylic oxidation sites excluding steroid dienone is 2. The van der Waals surface area contributed by atoms with E-state index in [1.54, 1.807) is 18.2 Å². The zero-order valence-corrected chi connectivity index (χ0v) is 15.1. The molecule has 0 aliphatic rings. The van der Waals surface area contributed by atoms with Crippen molar-refractivity contribution < 1.29 is 22.4 Å². The lowest BCUT2D eigenvalue weighted by Crippen LogP contribution is -2.28. The number of rotatable bonds is 4. The molecule has 0 N–H and O–H groups in total. The molecule has 3 nitrogen and oxygen atoms in total. The van der Waals surface area contributed by atoms with Gasteiger partial charge in [-0.1, -0.05) is 18.2 Å². The van der Waals surface area contributed by atoms with Gasteiger partial charge in [0.2, 0.25) is 8.32 Å². The highest BCUT2D eigenvalue weighted by atomic mass is 28.4. The Bertz CT molecular complexity index is 785. The first-order valence-electron chi connectivity index (χ1n) is 7.55. The number of para-hydroxylation sites is 1. The van der Waals surface area contributed by atoms with Gasteiger partial charge in [-0.05, 0) is 50.7 Å². The van der Waals surface area contributed by atoms with E-state index in [4.69, 9.17) is 4.43 Å². The van der Waals surface area contributed by atoms with Crippen LogP contribution in [0.15, 0.2) is 42.3 Å². The average Bonchev–Trinajstić information content (AvgIpc) is 2.80. The van der Waals surface area contributed by atoms with Crippen LogP contribution in [0.3, 0.4) is 0 Å². The van der Waals surface area contributed by atoms with Crippen LogP contribution < -0.4 is 0 Å². The smallest absolute Gasteiger partial charge is 0.472 e. The fourth-order valence-corrected chi connectivity index (χ4v) is 3.55. The Kier molecular flexibility index (Phi) is 4.94. The second kappa shape index (κ2) is 6.47. The van der Waals surface area contributed by atoms with E-state index in [-0.39, 0.29) is 5.52 Å². The Morgan fingerprint density at radius 3 is 2.46 bits per heavy atom. The Labute approximate surface area is 139 Å². The normalized spacial score (nSPS) is 13.4. The van der Waals surface area contributed by atoms with Gasteiger partial charge in [0, 0.05) is 11.6 Å². The third-order valence-corrected chi connectivity index (χ3v) is 4.27. The molecule has 130 valence electrons. The Morgan fingerprint density at radius 2 is 1.88 bits per heavy atom. The average molecular weight is 355 g/mol. The highest BCUT2D eigenvalue weighted by Gasteiger charge is 2.40. The first kappa shape index (κ1) is 18.3. The Hall–Kier alpha value is -2.02. The van der Waals surface area contributed by atoms with Gasteiger partial charge < -0.3 is 4.43 Å². The van der Waals surface area contributed by atoms with Crippen LogP contribution in [0.1, 0.15) is 17.3 Å². The zero-order chi connectivity index (χ0) is 18.1. The molecule has 0 saturated carbocycles. The minimum Gasteiger partial charge on any atom is -0.548 e. The Morgan fingerprint density at radius 1 is 1.25 bits per heavy atom. The number of halogens is 3. The maximum Gasteiger partial charge on any atom is 0.472 e. The van der Waals surface area contributed by atoms with Gasteiger partial charge in [0.15, 0.2) is 0 Å². The van der Waals surface area contributed by atoms with Crippen molar-refractivity contribution in [1.29, 1.82) is 0 Å². The third-order valence-electron chi connectivity index (χ3n) is 3.33. The van der Waals surface area contributed by atoms with Crippen LogP contribution in [0.4, 0.5) is 13.2 Å². The molecule has 7 heteroatoms. The number of nitrogens with zero attached hydrogens (tertiary/aromatic N) is 1. The minimum absolute atomic E-state index is 0.256. The van der Waals surface area contributed by atoms with Crippen molar-refractivity contribution in [2.75, 3.05) is 0 Å². The number of hydrogen-bond donors (Lipinski definition) is 0. The summed E-state index contributed by atoms with van der Waals surface area (Å²) in [6.07, 6.45) is -1.41. The lowest BCUT2D eigenvalue weighted by molar-refractivity contribution is -0.0943. The van der Waals surface area contributed by atoms with E-state index >= 15 is 0 Å². The molecule has 2 rings (SSSR count). The van der Waals surface area contributed by atoms with Crippen molar-refractivity contribution in [2.24, 2.45) is 0 Å². The molecular formula is C17H20F3NO2Si. The largest absolute Gasteiger partial charge is 0.548 e. The molecule has 0 radical (unpaired) electrons. The van der Waals surface area contributed by atoms with Gasteiger partial charge in [-0.3, -0.25) is 9.36 Å². The fraction of sp³-hybridized carbons (Fsp3) is 0.353. The van der Waals surface area contributed by atoms with Crippen LogP contribution in [-0.2, 0) is 10.8 Å². The van der Waals surface area contributed by atoms with E-state index in [9.17, 15) is 18.0 Å². The minimum atomic E-state index is -4.91. The Balaban J connectivity index is 2.39. The molecule has 0 amide bonds. The van der Waals surface area contributed by atoms with Crippen LogP contribution in [0.5, 0.6) is 0 Å². The summed E-state index contributed by atoms with van der Waals surface area (Å²) in [6, 6.07) is 6.58. The van der Waals surface area contributed by atoms with Gasteiger partial charge in [0.25, 0.3) is 0 Å². The van der Waals surface area contributed by atoms with Gasteiger partial charge in [0.05, 0.1) is 11.3 Å². The summed E-state index contributed by atoms with van der Waals surface area (Å²) in [5.41, 5.74) is 0.911. The van der Waals surface area contributed by atoms with Gasteiger partial charge in [-0.2, -0.15) is 13.2 Å². The van der Waals surface area contributed by atoms with Crippen LogP contribution in [0.2, 0.25) is 19.6 Å². The van der Waals surface area contributed by atoms with E-state index in [1.807, 2.05) is 13.0 Å². The summed E-state index contributed by atoms with van der Waals surface area (Å²) in [5, 5.41) is 0.632.